The average Bonchev–Trinajstić information content (AvgIpc) is 2.77. The van der Waals surface area contributed by atoms with Crippen LogP contribution in [0.15, 0.2) is 29.0 Å². The van der Waals surface area contributed by atoms with E-state index in [4.69, 9.17) is 0 Å². The van der Waals surface area contributed by atoms with Gasteiger partial charge in [0.15, 0.2) is 0 Å². The molecule has 0 fully saturated rings. The molecule has 4 nitrogen and oxygen atoms in total. The Morgan fingerprint density at radius 3 is 2.61 bits per heavy atom. The van der Waals surface area contributed by atoms with Crippen molar-refractivity contribution in [3.63, 3.8) is 0 Å². The van der Waals surface area contributed by atoms with Crippen molar-refractivity contribution in [3.8, 4) is 0 Å². The molecule has 0 unspecified atom stereocenters. The summed E-state index contributed by atoms with van der Waals surface area (Å²) >= 11 is 2.94. The second kappa shape index (κ2) is 5.26. The van der Waals surface area contributed by atoms with Crippen LogP contribution in [0.5, 0.6) is 0 Å². The molecule has 0 aliphatic heterocycles. The van der Waals surface area contributed by atoms with Crippen LogP contribution in [-0.4, -0.2) is 16.1 Å². The topological polar surface area (TPSA) is 57.8 Å². The van der Waals surface area contributed by atoms with Crippen molar-refractivity contribution in [2.45, 2.75) is 6.54 Å². The Balaban J connectivity index is 2.14. The third-order valence-corrected chi connectivity index (χ3v) is 2.70. The molecule has 1 aromatic carbocycles. The second-order valence-electron chi connectivity index (χ2n) is 3.53. The van der Waals surface area contributed by atoms with E-state index in [-0.39, 0.29) is 11.0 Å². The summed E-state index contributed by atoms with van der Waals surface area (Å²) in [6.45, 7) is 0.143. The fourth-order valence-electron chi connectivity index (χ4n) is 1.40. The number of carbonyl (C=O) groups is 1. The predicted molar refractivity (Wildman–Crippen MR) is 63.8 cm³/mol. The van der Waals surface area contributed by atoms with Crippen LogP contribution >= 0.6 is 15.9 Å². The Bertz CT molecular complexity index is 549. The summed E-state index contributed by atoms with van der Waals surface area (Å²) in [7, 11) is 0. The van der Waals surface area contributed by atoms with Gasteiger partial charge in [-0.05, 0) is 12.1 Å². The quantitative estimate of drug-likeness (QED) is 0.913. The number of nitrogens with one attached hydrogen (secondary N) is 2. The van der Waals surface area contributed by atoms with Crippen LogP contribution in [0.25, 0.3) is 0 Å². The molecule has 1 heterocycles. The molecular formula is C11H8BrF2N3O. The maximum absolute atomic E-state index is 13.5. The first kappa shape index (κ1) is 12.7. The summed E-state index contributed by atoms with van der Waals surface area (Å²) in [6.07, 6.45) is 3.09. The predicted octanol–water partition coefficient (Wildman–Crippen LogP) is 2.38. The molecule has 0 atom stereocenters. The first-order valence-corrected chi connectivity index (χ1v) is 5.77. The summed E-state index contributed by atoms with van der Waals surface area (Å²) in [4.78, 5) is 11.7. The highest BCUT2D eigenvalue weighted by Crippen LogP contribution is 2.19. The van der Waals surface area contributed by atoms with Crippen molar-refractivity contribution in [2.24, 2.45) is 0 Å². The number of hydrogen-bond donors (Lipinski definition) is 2. The average molecular weight is 316 g/mol. The molecule has 2 N–H and O–H groups in total. The minimum Gasteiger partial charge on any atom is -0.348 e. The van der Waals surface area contributed by atoms with E-state index in [1.165, 1.54) is 6.20 Å². The fourth-order valence-corrected chi connectivity index (χ4v) is 1.81. The van der Waals surface area contributed by atoms with Gasteiger partial charge < -0.3 is 5.32 Å². The van der Waals surface area contributed by atoms with E-state index in [1.807, 2.05) is 0 Å². The zero-order valence-electron chi connectivity index (χ0n) is 9.01. The third-order valence-electron chi connectivity index (χ3n) is 2.24. The van der Waals surface area contributed by atoms with Gasteiger partial charge in [0.25, 0.3) is 5.91 Å². The van der Waals surface area contributed by atoms with E-state index < -0.39 is 23.1 Å². The van der Waals surface area contributed by atoms with Gasteiger partial charge >= 0.3 is 0 Å². The lowest BCUT2D eigenvalue weighted by Crippen LogP contribution is -2.24. The van der Waals surface area contributed by atoms with Crippen molar-refractivity contribution in [3.05, 3.63) is 51.8 Å². The molecule has 7 heteroatoms. The number of nitrogens with zero attached hydrogens (tertiary/aromatic N) is 1. The van der Waals surface area contributed by atoms with Crippen molar-refractivity contribution < 1.29 is 13.6 Å². The van der Waals surface area contributed by atoms with Gasteiger partial charge in [-0.1, -0.05) is 15.9 Å². The number of rotatable bonds is 3. The summed E-state index contributed by atoms with van der Waals surface area (Å²) in [5, 5.41) is 8.66. The van der Waals surface area contributed by atoms with Crippen molar-refractivity contribution >= 4 is 21.8 Å². The number of amides is 1. The summed E-state index contributed by atoms with van der Waals surface area (Å²) in [6, 6.07) is 2.08. The monoisotopic (exact) mass is 315 g/mol. The molecule has 0 aliphatic carbocycles. The van der Waals surface area contributed by atoms with Crippen LogP contribution < -0.4 is 5.32 Å². The number of aromatic amines is 1. The molecule has 18 heavy (non-hydrogen) atoms. The smallest absolute Gasteiger partial charge is 0.257 e. The van der Waals surface area contributed by atoms with Gasteiger partial charge in [-0.15, -0.1) is 0 Å². The van der Waals surface area contributed by atoms with E-state index in [2.05, 4.69) is 31.4 Å². The van der Waals surface area contributed by atoms with Crippen molar-refractivity contribution in [1.82, 2.24) is 15.5 Å². The second-order valence-corrected chi connectivity index (χ2v) is 4.45. The standard InChI is InChI=1S/C11H8BrF2N3O/c12-7-1-8(13)10(9(14)2-7)11(18)15-3-6-4-16-17-5-6/h1-2,4-5H,3H2,(H,15,18)(H,16,17). The lowest BCUT2D eigenvalue weighted by atomic mass is 10.2. The van der Waals surface area contributed by atoms with Gasteiger partial charge in [0.2, 0.25) is 0 Å². The van der Waals surface area contributed by atoms with Crippen LogP contribution in [-0.2, 0) is 6.54 Å². The van der Waals surface area contributed by atoms with Crippen LogP contribution in [0.4, 0.5) is 8.78 Å². The van der Waals surface area contributed by atoms with E-state index in [9.17, 15) is 13.6 Å². The van der Waals surface area contributed by atoms with E-state index in [1.54, 1.807) is 6.20 Å². The first-order chi connectivity index (χ1) is 8.58. The highest BCUT2D eigenvalue weighted by molar-refractivity contribution is 9.10. The number of halogens is 3. The third kappa shape index (κ3) is 2.73. The minimum atomic E-state index is -0.911. The van der Waals surface area contributed by atoms with Gasteiger partial charge in [0.05, 0.1) is 6.20 Å². The zero-order chi connectivity index (χ0) is 13.1. The van der Waals surface area contributed by atoms with E-state index in [0.717, 1.165) is 12.1 Å². The minimum absolute atomic E-state index is 0.143. The number of benzene rings is 1. The Labute approximate surface area is 110 Å². The van der Waals surface area contributed by atoms with Gasteiger partial charge in [-0.25, -0.2) is 8.78 Å². The normalized spacial score (nSPS) is 10.4. The van der Waals surface area contributed by atoms with Crippen LogP contribution in [0, 0.1) is 11.6 Å². The Morgan fingerprint density at radius 1 is 1.39 bits per heavy atom. The molecular weight excluding hydrogens is 308 g/mol. The van der Waals surface area contributed by atoms with E-state index in [0.29, 0.717) is 5.56 Å². The maximum atomic E-state index is 13.5. The highest BCUT2D eigenvalue weighted by Gasteiger charge is 2.18. The fraction of sp³-hybridized carbons (Fsp3) is 0.0909. The summed E-state index contributed by atoms with van der Waals surface area (Å²) < 4.78 is 27.2. The molecule has 94 valence electrons. The van der Waals surface area contributed by atoms with Crippen LogP contribution in [0.3, 0.4) is 0 Å². The Morgan fingerprint density at radius 2 is 2.06 bits per heavy atom. The number of H-pyrrole nitrogens is 1. The van der Waals surface area contributed by atoms with Crippen molar-refractivity contribution in [2.75, 3.05) is 0 Å². The SMILES string of the molecule is O=C(NCc1cn[nH]c1)c1c(F)cc(Br)cc1F. The Kier molecular flexibility index (Phi) is 3.71. The van der Waals surface area contributed by atoms with Crippen LogP contribution in [0.1, 0.15) is 15.9 Å². The Hall–Kier alpha value is -1.76. The molecule has 0 bridgehead atoms. The summed E-state index contributed by atoms with van der Waals surface area (Å²) in [5.41, 5.74) is 0.114. The van der Waals surface area contributed by atoms with Gasteiger partial charge in [0, 0.05) is 22.8 Å². The van der Waals surface area contributed by atoms with Gasteiger partial charge in [0.1, 0.15) is 17.2 Å². The van der Waals surface area contributed by atoms with Gasteiger partial charge in [-0.3, -0.25) is 9.89 Å². The molecule has 0 aliphatic rings. The molecule has 2 rings (SSSR count). The number of hydrogen-bond acceptors (Lipinski definition) is 2. The van der Waals surface area contributed by atoms with Crippen LogP contribution in [0.2, 0.25) is 0 Å². The lowest BCUT2D eigenvalue weighted by molar-refractivity contribution is 0.0942. The van der Waals surface area contributed by atoms with E-state index >= 15 is 0 Å². The first-order valence-electron chi connectivity index (χ1n) is 4.98. The number of carbonyl (C=O) groups excluding carboxylic acids is 1. The molecule has 0 radical (unpaired) electrons. The molecule has 0 saturated carbocycles. The lowest BCUT2D eigenvalue weighted by Gasteiger charge is -2.06. The largest absolute Gasteiger partial charge is 0.348 e. The zero-order valence-corrected chi connectivity index (χ0v) is 10.6. The maximum Gasteiger partial charge on any atom is 0.257 e. The summed E-state index contributed by atoms with van der Waals surface area (Å²) in [5.74, 6) is -2.63. The molecule has 2 aromatic rings. The molecule has 1 amide bonds. The number of aromatic nitrogens is 2. The molecule has 1 aromatic heterocycles. The van der Waals surface area contributed by atoms with Crippen molar-refractivity contribution in [1.29, 1.82) is 0 Å². The molecule has 0 spiro atoms. The highest BCUT2D eigenvalue weighted by atomic mass is 79.9. The molecule has 0 saturated heterocycles. The van der Waals surface area contributed by atoms with Gasteiger partial charge in [-0.2, -0.15) is 5.10 Å².